The molecule has 0 radical (unpaired) electrons. The molecule has 454 valence electrons. The summed E-state index contributed by atoms with van der Waals surface area (Å²) < 4.78 is 49.0. The molecule has 2 atom stereocenters. The van der Waals surface area contributed by atoms with Gasteiger partial charge in [-0.1, -0.05) is 138 Å². The van der Waals surface area contributed by atoms with Gasteiger partial charge < -0.3 is 42.6 Å². The van der Waals surface area contributed by atoms with Crippen molar-refractivity contribution in [3.63, 3.8) is 0 Å². The fourth-order valence-electron chi connectivity index (χ4n) is 5.06. The molecule has 0 N–H and O–H groups in total. The zero-order chi connectivity index (χ0) is 58.4. The maximum atomic E-state index is 11.2. The molecule has 0 unspecified atom stereocenters. The summed E-state index contributed by atoms with van der Waals surface area (Å²) in [5, 5.41) is 0. The average Bonchev–Trinajstić information content (AvgIpc) is 3.31. The Bertz CT molecular complexity index is 1140. The summed E-state index contributed by atoms with van der Waals surface area (Å²) in [5.74, 6) is 5.74. The lowest BCUT2D eigenvalue weighted by Gasteiger charge is -2.22. The maximum Gasteiger partial charge on any atom is 0.160 e. The summed E-state index contributed by atoms with van der Waals surface area (Å²) >= 11 is 0. The predicted octanol–water partition coefficient (Wildman–Crippen LogP) is 15.0. The first kappa shape index (κ1) is 82.5. The van der Waals surface area contributed by atoms with Crippen LogP contribution in [-0.2, 0) is 57.0 Å². The molecule has 75 heavy (non-hydrogen) atoms. The largest absolute Gasteiger partial charge is 0.381 e. The van der Waals surface area contributed by atoms with E-state index in [9.17, 15) is 14.4 Å². The smallest absolute Gasteiger partial charge is 0.160 e. The average molecular weight is 1080 g/mol. The van der Waals surface area contributed by atoms with Gasteiger partial charge in [-0.25, -0.2) is 0 Å². The molecular formula is C63H130O12. The highest BCUT2D eigenvalue weighted by atomic mass is 16.5. The molecule has 0 aliphatic heterocycles. The number of unbranched alkanes of at least 4 members (excludes halogenated alkanes) is 1. The van der Waals surface area contributed by atoms with Crippen LogP contribution in [0.1, 0.15) is 217 Å². The fourth-order valence-corrected chi connectivity index (χ4v) is 5.06. The third-order valence-electron chi connectivity index (χ3n) is 11.5. The summed E-state index contributed by atoms with van der Waals surface area (Å²) in [4.78, 5) is 33.5. The van der Waals surface area contributed by atoms with Crippen molar-refractivity contribution in [3.05, 3.63) is 0 Å². The zero-order valence-corrected chi connectivity index (χ0v) is 53.7. The van der Waals surface area contributed by atoms with Crippen LogP contribution in [0.4, 0.5) is 0 Å². The van der Waals surface area contributed by atoms with Crippen molar-refractivity contribution < 1.29 is 57.0 Å². The molecular weight excluding hydrogens is 949 g/mol. The number of hydrogen-bond donors (Lipinski definition) is 0. The Labute approximate surface area is 466 Å². The number of carbonyl (C=O) groups excluding carboxylic acids is 3. The van der Waals surface area contributed by atoms with E-state index in [4.69, 9.17) is 42.6 Å². The van der Waals surface area contributed by atoms with Gasteiger partial charge in [0.15, 0.2) is 17.3 Å². The normalized spacial score (nSPS) is 12.3. The Morgan fingerprint density at radius 1 is 0.240 bits per heavy atom. The first-order valence-corrected chi connectivity index (χ1v) is 30.0. The molecule has 12 heteroatoms. The molecule has 0 saturated carbocycles. The Morgan fingerprint density at radius 2 is 0.440 bits per heavy atom. The van der Waals surface area contributed by atoms with Gasteiger partial charge in [-0.15, -0.1) is 0 Å². The fraction of sp³-hybridized carbons (Fsp3) is 0.952. The standard InChI is InChI=1S/C14H28O3.C14H30O2.C13H26O3.C12H26O2.C10H20O2/c1-12(2)7-10-16-8-5-6-9-17-11-14(15)13(3)4;1-11(2)7-9-15-13(5)14(6)16-10-8-12(3)4;1-11(2)6-9-15-7-5-8-16-10-13(14)12(3)4;1-11(2)5-7-13-9-10-14-8-6-12(3)4;1-8(2)5-6-12-7-10(11)9(3)4/h12-13H,5-11H2,1-4H3;11-14H,7-10H2,1-6H3;11-12H,5-10H2,1-4H3;11-12H,5-10H2,1-4H3;8-9H,5-7H2,1-4H3/t;13-,14-;;;/m.1.../s1. The van der Waals surface area contributed by atoms with Crippen LogP contribution in [0.3, 0.4) is 0 Å². The number of ether oxygens (including phenoxy) is 9. The minimum atomic E-state index is 0.0716. The van der Waals surface area contributed by atoms with Crippen molar-refractivity contribution in [1.29, 1.82) is 0 Å². The van der Waals surface area contributed by atoms with E-state index in [0.29, 0.717) is 49.4 Å². The summed E-state index contributed by atoms with van der Waals surface area (Å²) in [6.45, 7) is 57.2. The molecule has 0 saturated heterocycles. The molecule has 0 aromatic carbocycles. The molecule has 12 nitrogen and oxygen atoms in total. The van der Waals surface area contributed by atoms with E-state index in [1.165, 1.54) is 0 Å². The van der Waals surface area contributed by atoms with Gasteiger partial charge >= 0.3 is 0 Å². The van der Waals surface area contributed by atoms with Gasteiger partial charge in [0.2, 0.25) is 0 Å². The van der Waals surface area contributed by atoms with Crippen molar-refractivity contribution in [1.82, 2.24) is 0 Å². The first-order valence-electron chi connectivity index (χ1n) is 30.0. The van der Waals surface area contributed by atoms with E-state index in [1.807, 2.05) is 41.5 Å². The molecule has 0 fully saturated rings. The first-order chi connectivity index (χ1) is 35.2. The van der Waals surface area contributed by atoms with Crippen LogP contribution in [0.5, 0.6) is 0 Å². The highest BCUT2D eigenvalue weighted by molar-refractivity contribution is 5.82. The summed E-state index contributed by atoms with van der Waals surface area (Å²) in [6, 6.07) is 0. The maximum absolute atomic E-state index is 11.2. The lowest BCUT2D eigenvalue weighted by atomic mass is 10.1. The van der Waals surface area contributed by atoms with E-state index in [1.54, 1.807) is 0 Å². The second kappa shape index (κ2) is 60.3. The number of carbonyl (C=O) groups is 3. The Balaban J connectivity index is -0.000000273. The lowest BCUT2D eigenvalue weighted by molar-refractivity contribution is -0.127. The van der Waals surface area contributed by atoms with Gasteiger partial charge in [0.1, 0.15) is 19.8 Å². The highest BCUT2D eigenvalue weighted by Gasteiger charge is 2.14. The van der Waals surface area contributed by atoms with Gasteiger partial charge in [0.05, 0.1) is 25.4 Å². The third-order valence-corrected chi connectivity index (χ3v) is 11.5. The minimum absolute atomic E-state index is 0.0716. The second-order valence-electron chi connectivity index (χ2n) is 24.0. The van der Waals surface area contributed by atoms with Crippen molar-refractivity contribution in [3.8, 4) is 0 Å². The van der Waals surface area contributed by atoms with E-state index < -0.39 is 0 Å². The zero-order valence-electron chi connectivity index (χ0n) is 53.7. The molecule has 0 aromatic rings. The quantitative estimate of drug-likeness (QED) is 0.0537. The van der Waals surface area contributed by atoms with E-state index in [-0.39, 0.29) is 67.1 Å². The van der Waals surface area contributed by atoms with Crippen LogP contribution in [0.15, 0.2) is 0 Å². The molecule has 0 aliphatic rings. The Morgan fingerprint density at radius 3 is 0.707 bits per heavy atom. The molecule has 0 bridgehead atoms. The summed E-state index contributed by atoms with van der Waals surface area (Å²) in [7, 11) is 0. The monoisotopic (exact) mass is 1080 g/mol. The predicted molar refractivity (Wildman–Crippen MR) is 316 cm³/mol. The molecule has 0 rings (SSSR count). The Hall–Kier alpha value is -1.35. The molecule has 0 spiro atoms. The Kier molecular flexibility index (Phi) is 66.3. The topological polar surface area (TPSA) is 134 Å². The molecule has 0 amide bonds. The van der Waals surface area contributed by atoms with Crippen LogP contribution >= 0.6 is 0 Å². The minimum Gasteiger partial charge on any atom is -0.381 e. The highest BCUT2D eigenvalue weighted by Crippen LogP contribution is 2.09. The van der Waals surface area contributed by atoms with Crippen LogP contribution in [0.25, 0.3) is 0 Å². The van der Waals surface area contributed by atoms with Crippen molar-refractivity contribution in [2.24, 2.45) is 59.2 Å². The van der Waals surface area contributed by atoms with E-state index >= 15 is 0 Å². The van der Waals surface area contributed by atoms with Crippen LogP contribution < -0.4 is 0 Å². The van der Waals surface area contributed by atoms with Crippen molar-refractivity contribution >= 4 is 17.3 Å². The van der Waals surface area contributed by atoms with Gasteiger partial charge in [-0.05, 0) is 119 Å². The number of ketones is 3. The number of Topliss-reactive ketones (excluding diaryl/α,β-unsaturated/α-hetero) is 3. The lowest BCUT2D eigenvalue weighted by Crippen LogP contribution is -2.27. The molecule has 0 heterocycles. The van der Waals surface area contributed by atoms with Crippen LogP contribution in [0.2, 0.25) is 0 Å². The van der Waals surface area contributed by atoms with E-state index in [0.717, 1.165) is 142 Å². The third kappa shape index (κ3) is 79.2. The van der Waals surface area contributed by atoms with Gasteiger partial charge in [0, 0.05) is 90.4 Å². The SMILES string of the molecule is CC(C)CCOCC(=O)C(C)C.CC(C)CCOCCCCOCC(=O)C(C)C.CC(C)CCOCCCOCC(=O)C(C)C.CC(C)CCOCCOCCC(C)C.CC(C)CCO[C@H](C)[C@@H](C)OCCC(C)C. The van der Waals surface area contributed by atoms with Gasteiger partial charge in [0.25, 0.3) is 0 Å². The van der Waals surface area contributed by atoms with Crippen molar-refractivity contribution in [2.45, 2.75) is 229 Å². The van der Waals surface area contributed by atoms with Gasteiger partial charge in [-0.3, -0.25) is 14.4 Å². The molecule has 0 aliphatic carbocycles. The molecule has 0 aromatic heterocycles. The van der Waals surface area contributed by atoms with Crippen LogP contribution in [-0.4, -0.2) is 135 Å². The number of hydrogen-bond acceptors (Lipinski definition) is 12. The summed E-state index contributed by atoms with van der Waals surface area (Å²) in [6.07, 6.45) is 11.0. The number of rotatable bonds is 45. The van der Waals surface area contributed by atoms with Crippen molar-refractivity contribution in [2.75, 3.05) is 106 Å². The summed E-state index contributed by atoms with van der Waals surface area (Å²) in [5.41, 5.74) is 0. The van der Waals surface area contributed by atoms with Crippen LogP contribution in [0, 0.1) is 59.2 Å². The van der Waals surface area contributed by atoms with E-state index in [2.05, 4.69) is 111 Å². The second-order valence-corrected chi connectivity index (χ2v) is 24.0. The van der Waals surface area contributed by atoms with Gasteiger partial charge in [-0.2, -0.15) is 0 Å².